The van der Waals surface area contributed by atoms with E-state index in [0.717, 1.165) is 27.6 Å². The van der Waals surface area contributed by atoms with Crippen LogP contribution >= 0.6 is 11.3 Å². The number of methoxy groups -OCH3 is 1. The number of carbonyl (C=O) groups excluding carboxylic acids is 1. The fourth-order valence-corrected chi connectivity index (χ4v) is 4.82. The molecule has 0 aliphatic carbocycles. The molecule has 1 N–H and O–H groups in total. The largest absolute Gasteiger partial charge is 0.493 e. The number of thiazole rings is 1. The molecule has 7 heteroatoms. The lowest BCUT2D eigenvalue weighted by Gasteiger charge is -2.11. The summed E-state index contributed by atoms with van der Waals surface area (Å²) in [6, 6.07) is 31.0. The number of aromatic nitrogens is 1. The molecule has 4 aromatic carbocycles. The number of ether oxygens (including phenoxy) is 2. The van der Waals surface area contributed by atoms with Crippen molar-refractivity contribution >= 4 is 45.4 Å². The maximum atomic E-state index is 12.2. The van der Waals surface area contributed by atoms with Crippen molar-refractivity contribution in [1.29, 1.82) is 5.26 Å². The number of amides is 1. The molecule has 0 fully saturated rings. The smallest absolute Gasteiger partial charge is 0.262 e. The van der Waals surface area contributed by atoms with Gasteiger partial charge in [-0.05, 0) is 46.7 Å². The Balaban J connectivity index is 1.33. The summed E-state index contributed by atoms with van der Waals surface area (Å²) in [4.78, 5) is 17.0. The van der Waals surface area contributed by atoms with Crippen molar-refractivity contribution in [3.05, 3.63) is 107 Å². The number of hydrogen-bond acceptors (Lipinski definition) is 6. The van der Waals surface area contributed by atoms with Crippen molar-refractivity contribution in [2.45, 2.75) is 0 Å². The van der Waals surface area contributed by atoms with Gasteiger partial charge < -0.3 is 14.8 Å². The van der Waals surface area contributed by atoms with Gasteiger partial charge in [0.25, 0.3) is 5.91 Å². The van der Waals surface area contributed by atoms with Gasteiger partial charge in [0.05, 0.1) is 18.4 Å². The predicted molar refractivity (Wildman–Crippen MR) is 152 cm³/mol. The number of carbonyl (C=O) groups is 1. The van der Waals surface area contributed by atoms with E-state index in [4.69, 9.17) is 14.5 Å². The molecule has 0 spiro atoms. The Morgan fingerprint density at radius 2 is 1.79 bits per heavy atom. The zero-order chi connectivity index (χ0) is 26.3. The van der Waals surface area contributed by atoms with Crippen molar-refractivity contribution in [2.75, 3.05) is 19.0 Å². The molecule has 0 aliphatic heterocycles. The van der Waals surface area contributed by atoms with E-state index in [1.54, 1.807) is 30.3 Å². The van der Waals surface area contributed by atoms with Crippen LogP contribution in [0.5, 0.6) is 11.5 Å². The number of nitriles is 1. The van der Waals surface area contributed by atoms with E-state index >= 15 is 0 Å². The van der Waals surface area contributed by atoms with Gasteiger partial charge in [0.2, 0.25) is 0 Å². The molecule has 0 atom stereocenters. The van der Waals surface area contributed by atoms with Gasteiger partial charge in [0, 0.05) is 16.6 Å². The second-order valence-corrected chi connectivity index (χ2v) is 9.21. The lowest BCUT2D eigenvalue weighted by molar-refractivity contribution is -0.118. The van der Waals surface area contributed by atoms with E-state index in [2.05, 4.69) is 29.6 Å². The highest BCUT2D eigenvalue weighted by molar-refractivity contribution is 7.11. The number of fused-ring (bicyclic) bond motifs is 1. The van der Waals surface area contributed by atoms with E-state index in [-0.39, 0.29) is 12.5 Å². The predicted octanol–water partition coefficient (Wildman–Crippen LogP) is 7.05. The molecule has 38 heavy (non-hydrogen) atoms. The van der Waals surface area contributed by atoms with Crippen LogP contribution in [0.25, 0.3) is 33.7 Å². The molecule has 0 bridgehead atoms. The van der Waals surface area contributed by atoms with Gasteiger partial charge in [-0.1, -0.05) is 66.7 Å². The number of para-hydroxylation sites is 1. The van der Waals surface area contributed by atoms with Crippen molar-refractivity contribution in [3.8, 4) is 28.8 Å². The van der Waals surface area contributed by atoms with Gasteiger partial charge in [0.15, 0.2) is 18.1 Å². The van der Waals surface area contributed by atoms with E-state index in [9.17, 15) is 10.1 Å². The van der Waals surface area contributed by atoms with Gasteiger partial charge >= 0.3 is 0 Å². The van der Waals surface area contributed by atoms with Crippen molar-refractivity contribution in [3.63, 3.8) is 0 Å². The topological polar surface area (TPSA) is 84.2 Å². The number of benzene rings is 4. The molecule has 0 unspecified atom stereocenters. The second kappa shape index (κ2) is 11.4. The van der Waals surface area contributed by atoms with Crippen LogP contribution in [0.15, 0.2) is 96.4 Å². The first-order chi connectivity index (χ1) is 18.6. The zero-order valence-corrected chi connectivity index (χ0v) is 21.4. The van der Waals surface area contributed by atoms with Crippen molar-refractivity contribution in [1.82, 2.24) is 4.98 Å². The highest BCUT2D eigenvalue weighted by Gasteiger charge is 2.13. The minimum atomic E-state index is -0.278. The summed E-state index contributed by atoms with van der Waals surface area (Å²) in [7, 11) is 1.53. The third-order valence-electron chi connectivity index (χ3n) is 5.84. The SMILES string of the molecule is COc1cc(/C=C(\C#N)c2nc(-c3cccc4ccccc34)cs2)ccc1OCC(=O)Nc1ccccc1. The quantitative estimate of drug-likeness (QED) is 0.223. The standard InChI is InChI=1S/C31H23N3O3S/c1-36-29-17-21(14-15-28(29)37-19-30(35)33-24-10-3-2-4-11-24)16-23(18-32)31-34-27(20-38-31)26-13-7-9-22-8-5-6-12-25(22)26/h2-17,20H,19H2,1H3,(H,33,35)/b23-16+. The van der Waals surface area contributed by atoms with E-state index in [1.807, 2.05) is 53.9 Å². The first kappa shape index (κ1) is 24.8. The van der Waals surface area contributed by atoms with E-state index in [0.29, 0.717) is 27.8 Å². The summed E-state index contributed by atoms with van der Waals surface area (Å²) in [5, 5.41) is 17.5. The molecule has 5 rings (SSSR count). The van der Waals surface area contributed by atoms with Crippen LogP contribution < -0.4 is 14.8 Å². The van der Waals surface area contributed by atoms with Crippen molar-refractivity contribution in [2.24, 2.45) is 0 Å². The molecule has 186 valence electrons. The Morgan fingerprint density at radius 3 is 2.61 bits per heavy atom. The first-order valence-electron chi connectivity index (χ1n) is 11.9. The average Bonchev–Trinajstić information content (AvgIpc) is 3.45. The summed E-state index contributed by atoms with van der Waals surface area (Å²) in [5.41, 5.74) is 3.75. The third kappa shape index (κ3) is 5.56. The van der Waals surface area contributed by atoms with E-state index < -0.39 is 0 Å². The number of hydrogen-bond donors (Lipinski definition) is 1. The Kier molecular flexibility index (Phi) is 7.44. The summed E-state index contributed by atoms with van der Waals surface area (Å²) in [6.07, 6.45) is 1.76. The number of nitrogens with zero attached hydrogens (tertiary/aromatic N) is 2. The summed E-state index contributed by atoms with van der Waals surface area (Å²) in [6.45, 7) is -0.167. The van der Waals surface area contributed by atoms with Gasteiger partial charge in [-0.25, -0.2) is 4.98 Å². The number of anilines is 1. The Hall–Kier alpha value is -4.93. The fraction of sp³-hybridized carbons (Fsp3) is 0.0645. The van der Waals surface area contributed by atoms with Gasteiger partial charge in [-0.15, -0.1) is 11.3 Å². The molecule has 1 heterocycles. The van der Waals surface area contributed by atoms with Crippen LogP contribution in [0, 0.1) is 11.3 Å². The molecular formula is C31H23N3O3S. The average molecular weight is 518 g/mol. The van der Waals surface area contributed by atoms with E-state index in [1.165, 1.54) is 18.4 Å². The molecule has 0 saturated heterocycles. The minimum absolute atomic E-state index is 0.167. The molecular weight excluding hydrogens is 494 g/mol. The van der Waals surface area contributed by atoms with Crippen LogP contribution in [-0.4, -0.2) is 24.6 Å². The molecule has 0 saturated carbocycles. The lowest BCUT2D eigenvalue weighted by atomic mass is 10.0. The third-order valence-corrected chi connectivity index (χ3v) is 6.71. The lowest BCUT2D eigenvalue weighted by Crippen LogP contribution is -2.20. The molecule has 0 radical (unpaired) electrons. The van der Waals surface area contributed by atoms with Gasteiger partial charge in [0.1, 0.15) is 11.1 Å². The molecule has 6 nitrogen and oxygen atoms in total. The fourth-order valence-electron chi connectivity index (χ4n) is 4.03. The highest BCUT2D eigenvalue weighted by Crippen LogP contribution is 2.33. The van der Waals surface area contributed by atoms with Crippen LogP contribution in [0.3, 0.4) is 0 Å². The van der Waals surface area contributed by atoms with Crippen LogP contribution in [0.1, 0.15) is 10.6 Å². The van der Waals surface area contributed by atoms with Gasteiger partial charge in [-0.2, -0.15) is 5.26 Å². The summed E-state index contributed by atoms with van der Waals surface area (Å²) >= 11 is 1.43. The first-order valence-corrected chi connectivity index (χ1v) is 12.7. The monoisotopic (exact) mass is 517 g/mol. The number of nitrogens with one attached hydrogen (secondary N) is 1. The second-order valence-electron chi connectivity index (χ2n) is 8.35. The molecule has 1 amide bonds. The maximum Gasteiger partial charge on any atom is 0.262 e. The zero-order valence-electron chi connectivity index (χ0n) is 20.5. The Bertz CT molecular complexity index is 1660. The van der Waals surface area contributed by atoms with Crippen LogP contribution in [0.4, 0.5) is 5.69 Å². The Morgan fingerprint density at radius 1 is 1.00 bits per heavy atom. The number of allylic oxidation sites excluding steroid dienone is 1. The van der Waals surface area contributed by atoms with Gasteiger partial charge in [-0.3, -0.25) is 4.79 Å². The van der Waals surface area contributed by atoms with Crippen LogP contribution in [0.2, 0.25) is 0 Å². The Labute approximate surface area is 224 Å². The van der Waals surface area contributed by atoms with Crippen molar-refractivity contribution < 1.29 is 14.3 Å². The molecule has 0 aliphatic rings. The summed E-state index contributed by atoms with van der Waals surface area (Å²) < 4.78 is 11.2. The maximum absolute atomic E-state index is 12.2. The van der Waals surface area contributed by atoms with Crippen LogP contribution in [-0.2, 0) is 4.79 Å². The number of rotatable bonds is 8. The summed E-state index contributed by atoms with van der Waals surface area (Å²) in [5.74, 6) is 0.609. The highest BCUT2D eigenvalue weighted by atomic mass is 32.1. The minimum Gasteiger partial charge on any atom is -0.493 e. The molecule has 1 aromatic heterocycles. The normalized spacial score (nSPS) is 11.1. The molecule has 5 aromatic rings.